The first kappa shape index (κ1) is 18.7. The van der Waals surface area contributed by atoms with Crippen molar-refractivity contribution >= 4 is 32.9 Å². The smallest absolute Gasteiger partial charge is 0.240 e. The molecule has 146 valence electrons. The fourth-order valence-corrected chi connectivity index (χ4v) is 3.62. The van der Waals surface area contributed by atoms with Crippen molar-refractivity contribution in [3.05, 3.63) is 41.7 Å². The molecule has 0 amide bonds. The molecule has 29 heavy (non-hydrogen) atoms. The molecule has 1 aliphatic rings. The maximum atomic E-state index is 12.2. The Morgan fingerprint density at radius 3 is 2.62 bits per heavy atom. The number of anilines is 3. The summed E-state index contributed by atoms with van der Waals surface area (Å²) in [6.45, 7) is 0. The van der Waals surface area contributed by atoms with Gasteiger partial charge in [0.1, 0.15) is 6.07 Å². The first-order valence-electron chi connectivity index (χ1n) is 8.74. The minimum atomic E-state index is -3.73. The van der Waals surface area contributed by atoms with Crippen molar-refractivity contribution < 1.29 is 8.42 Å². The number of nitrogens with one attached hydrogen (secondary N) is 3. The number of nitriles is 2. The van der Waals surface area contributed by atoms with Gasteiger partial charge in [-0.2, -0.15) is 15.0 Å². The largest absolute Gasteiger partial charge is 0.379 e. The zero-order valence-electron chi connectivity index (χ0n) is 15.3. The SMILES string of the molecule is CNS(=O)(=O)c1cc(C#N)cc(Nc2cc(NC3CC3)c3ncc(C#N)n3n2)c1. The molecule has 4 rings (SSSR count). The molecule has 0 aliphatic heterocycles. The molecule has 1 aliphatic carbocycles. The van der Waals surface area contributed by atoms with E-state index in [9.17, 15) is 18.9 Å². The molecular weight excluding hydrogens is 392 g/mol. The second kappa shape index (κ2) is 7.05. The van der Waals surface area contributed by atoms with Crippen molar-refractivity contribution in [2.45, 2.75) is 23.8 Å². The lowest BCUT2D eigenvalue weighted by molar-refractivity contribution is 0.588. The van der Waals surface area contributed by atoms with E-state index in [2.05, 4.69) is 25.4 Å². The van der Waals surface area contributed by atoms with Crippen molar-refractivity contribution in [2.24, 2.45) is 0 Å². The third-order valence-corrected chi connectivity index (χ3v) is 5.80. The van der Waals surface area contributed by atoms with Crippen LogP contribution in [0.15, 0.2) is 35.4 Å². The summed E-state index contributed by atoms with van der Waals surface area (Å²) in [7, 11) is -2.43. The average molecular weight is 408 g/mol. The minimum Gasteiger partial charge on any atom is -0.379 e. The fraction of sp³-hybridized carbons (Fsp3) is 0.222. The Hall–Kier alpha value is -3.67. The Balaban J connectivity index is 1.79. The van der Waals surface area contributed by atoms with Crippen LogP contribution in [0.2, 0.25) is 0 Å². The van der Waals surface area contributed by atoms with Gasteiger partial charge in [0.25, 0.3) is 0 Å². The van der Waals surface area contributed by atoms with Crippen molar-refractivity contribution in [3.8, 4) is 12.1 Å². The number of benzene rings is 1. The Kier molecular flexibility index (Phi) is 4.54. The lowest BCUT2D eigenvalue weighted by Gasteiger charge is -2.12. The summed E-state index contributed by atoms with van der Waals surface area (Å²) in [5.74, 6) is 0.373. The van der Waals surface area contributed by atoms with Gasteiger partial charge in [-0.15, -0.1) is 5.10 Å². The highest BCUT2D eigenvalue weighted by Crippen LogP contribution is 2.29. The van der Waals surface area contributed by atoms with Crippen molar-refractivity contribution in [2.75, 3.05) is 17.7 Å². The molecule has 3 aromatic rings. The zero-order chi connectivity index (χ0) is 20.6. The summed E-state index contributed by atoms with van der Waals surface area (Å²) in [4.78, 5) is 4.22. The van der Waals surface area contributed by atoms with Gasteiger partial charge in [-0.3, -0.25) is 0 Å². The Morgan fingerprint density at radius 1 is 1.17 bits per heavy atom. The van der Waals surface area contributed by atoms with Crippen LogP contribution in [0.5, 0.6) is 0 Å². The van der Waals surface area contributed by atoms with E-state index in [-0.39, 0.29) is 16.2 Å². The van der Waals surface area contributed by atoms with E-state index in [0.29, 0.717) is 28.9 Å². The van der Waals surface area contributed by atoms with Gasteiger partial charge in [0.15, 0.2) is 17.2 Å². The number of hydrogen-bond donors (Lipinski definition) is 3. The van der Waals surface area contributed by atoms with Gasteiger partial charge in [-0.1, -0.05) is 0 Å². The molecular formula is C18H16N8O2S. The highest BCUT2D eigenvalue weighted by atomic mass is 32.2. The Labute approximate surface area is 166 Å². The van der Waals surface area contributed by atoms with Gasteiger partial charge in [0, 0.05) is 17.8 Å². The molecule has 2 aromatic heterocycles. The van der Waals surface area contributed by atoms with Crippen LogP contribution in [0.1, 0.15) is 24.1 Å². The second-order valence-electron chi connectivity index (χ2n) is 6.54. The highest BCUT2D eigenvalue weighted by molar-refractivity contribution is 7.89. The summed E-state index contributed by atoms with van der Waals surface area (Å²) in [5.41, 5.74) is 2.07. The van der Waals surface area contributed by atoms with Crippen LogP contribution in [0.4, 0.5) is 17.2 Å². The van der Waals surface area contributed by atoms with E-state index >= 15 is 0 Å². The van der Waals surface area contributed by atoms with Gasteiger partial charge in [-0.05, 0) is 38.1 Å². The number of fused-ring (bicyclic) bond motifs is 1. The first-order chi connectivity index (χ1) is 13.9. The van der Waals surface area contributed by atoms with Gasteiger partial charge in [0.2, 0.25) is 10.0 Å². The van der Waals surface area contributed by atoms with E-state index in [1.807, 2.05) is 12.1 Å². The maximum Gasteiger partial charge on any atom is 0.240 e. The normalized spacial score (nSPS) is 13.6. The topological polar surface area (TPSA) is 148 Å². The number of aromatic nitrogens is 3. The lowest BCUT2D eigenvalue weighted by Crippen LogP contribution is -2.18. The number of sulfonamides is 1. The number of imidazole rings is 1. The number of hydrogen-bond acceptors (Lipinski definition) is 8. The zero-order valence-corrected chi connectivity index (χ0v) is 16.2. The molecule has 0 saturated heterocycles. The summed E-state index contributed by atoms with van der Waals surface area (Å²) < 4.78 is 28.0. The van der Waals surface area contributed by atoms with Crippen LogP contribution < -0.4 is 15.4 Å². The van der Waals surface area contributed by atoms with Crippen LogP contribution in [0.3, 0.4) is 0 Å². The molecule has 0 atom stereocenters. The molecule has 11 heteroatoms. The molecule has 1 fully saturated rings. The van der Waals surface area contributed by atoms with E-state index in [1.54, 1.807) is 6.07 Å². The third kappa shape index (κ3) is 3.69. The molecule has 3 N–H and O–H groups in total. The third-order valence-electron chi connectivity index (χ3n) is 4.41. The standard InChI is InChI=1S/C18H16N8O2S/c1-21-29(27,28)15-5-11(8-19)4-13(6-15)24-17-7-16(23-12-2-3-12)18-22-10-14(9-20)26(18)25-17/h4-7,10,12,21,23H,2-3H2,1H3,(H,24,25). The van der Waals surface area contributed by atoms with Gasteiger partial charge in [-0.25, -0.2) is 18.1 Å². The van der Waals surface area contributed by atoms with Gasteiger partial charge in [0.05, 0.1) is 28.4 Å². The summed E-state index contributed by atoms with van der Waals surface area (Å²) in [6.07, 6.45) is 3.55. The van der Waals surface area contributed by atoms with E-state index < -0.39 is 10.0 Å². The molecule has 10 nitrogen and oxygen atoms in total. The predicted octanol–water partition coefficient (Wildman–Crippen LogP) is 1.70. The van der Waals surface area contributed by atoms with Crippen LogP contribution in [0.25, 0.3) is 5.65 Å². The molecule has 0 radical (unpaired) electrons. The lowest BCUT2D eigenvalue weighted by atomic mass is 10.2. The molecule has 1 saturated carbocycles. The first-order valence-corrected chi connectivity index (χ1v) is 10.2. The quantitative estimate of drug-likeness (QED) is 0.558. The van der Waals surface area contributed by atoms with Crippen LogP contribution >= 0.6 is 0 Å². The summed E-state index contributed by atoms with van der Waals surface area (Å²) in [5, 5.41) is 29.3. The number of nitrogens with zero attached hydrogens (tertiary/aromatic N) is 5. The minimum absolute atomic E-state index is 0.0423. The summed E-state index contributed by atoms with van der Waals surface area (Å²) in [6, 6.07) is 10.3. The van der Waals surface area contributed by atoms with Crippen molar-refractivity contribution in [1.82, 2.24) is 19.3 Å². The molecule has 0 spiro atoms. The van der Waals surface area contributed by atoms with Gasteiger partial charge < -0.3 is 10.6 Å². The summed E-state index contributed by atoms with van der Waals surface area (Å²) >= 11 is 0. The monoisotopic (exact) mass is 408 g/mol. The van der Waals surface area contributed by atoms with E-state index in [4.69, 9.17) is 0 Å². The van der Waals surface area contributed by atoms with Gasteiger partial charge >= 0.3 is 0 Å². The highest BCUT2D eigenvalue weighted by Gasteiger charge is 2.23. The maximum absolute atomic E-state index is 12.2. The molecule has 1 aromatic carbocycles. The second-order valence-corrected chi connectivity index (χ2v) is 8.43. The van der Waals surface area contributed by atoms with Crippen molar-refractivity contribution in [1.29, 1.82) is 10.5 Å². The molecule has 0 bridgehead atoms. The number of rotatable bonds is 6. The van der Waals surface area contributed by atoms with Crippen LogP contribution in [-0.4, -0.2) is 36.1 Å². The van der Waals surface area contributed by atoms with Crippen LogP contribution in [0, 0.1) is 22.7 Å². The van der Waals surface area contributed by atoms with E-state index in [1.165, 1.54) is 36.0 Å². The van der Waals surface area contributed by atoms with Crippen LogP contribution in [-0.2, 0) is 10.0 Å². The Morgan fingerprint density at radius 2 is 1.97 bits per heavy atom. The van der Waals surface area contributed by atoms with E-state index in [0.717, 1.165) is 12.8 Å². The predicted molar refractivity (Wildman–Crippen MR) is 105 cm³/mol. The van der Waals surface area contributed by atoms with Crippen molar-refractivity contribution in [3.63, 3.8) is 0 Å². The Bertz CT molecular complexity index is 1300. The average Bonchev–Trinajstić information content (AvgIpc) is 3.44. The fourth-order valence-electron chi connectivity index (χ4n) is 2.82. The molecule has 0 unspecified atom stereocenters. The molecule has 2 heterocycles.